The van der Waals surface area contributed by atoms with Crippen LogP contribution >= 0.6 is 11.6 Å². The third-order valence-electron chi connectivity index (χ3n) is 1.27. The Labute approximate surface area is 81.5 Å². The fourth-order valence-corrected chi connectivity index (χ4v) is 0.883. The summed E-state index contributed by atoms with van der Waals surface area (Å²) in [6.07, 6.45) is -3.96. The van der Waals surface area contributed by atoms with Crippen LogP contribution in [0.5, 0.6) is 0 Å². The molecule has 0 aliphatic heterocycles. The van der Waals surface area contributed by atoms with Gasteiger partial charge in [-0.3, -0.25) is 4.74 Å². The van der Waals surface area contributed by atoms with Crippen molar-refractivity contribution in [2.75, 3.05) is 0 Å². The van der Waals surface area contributed by atoms with Gasteiger partial charge in [-0.1, -0.05) is 11.6 Å². The zero-order valence-corrected chi connectivity index (χ0v) is 7.36. The molecule has 2 nitrogen and oxygen atoms in total. The first-order valence-corrected chi connectivity index (χ1v) is 3.77. The highest BCUT2D eigenvalue weighted by atomic mass is 35.5. The molecule has 1 aromatic rings. The van der Waals surface area contributed by atoms with Crippen molar-refractivity contribution < 1.29 is 22.3 Å². The molecule has 0 radical (unpaired) electrons. The third-order valence-corrected chi connectivity index (χ3v) is 1.61. The molecule has 14 heavy (non-hydrogen) atoms. The molecule has 0 atom stereocenters. The van der Waals surface area contributed by atoms with E-state index in [2.05, 4.69) is 9.72 Å². The summed E-state index contributed by atoms with van der Waals surface area (Å²) in [4.78, 5) is 3.32. The Bertz CT molecular complexity index is 328. The molecule has 0 amide bonds. The van der Waals surface area contributed by atoms with E-state index in [1.54, 1.807) is 0 Å². The minimum atomic E-state index is -4.77. The molecule has 0 N–H and O–H groups in total. The molecule has 0 aliphatic carbocycles. The summed E-state index contributed by atoms with van der Waals surface area (Å²) >= 11 is 5.40. The fraction of sp³-hybridized carbons (Fsp3) is 0.286. The van der Waals surface area contributed by atoms with E-state index >= 15 is 0 Å². The number of hydrogen-bond acceptors (Lipinski definition) is 2. The van der Waals surface area contributed by atoms with E-state index in [1.807, 2.05) is 0 Å². The lowest BCUT2D eigenvalue weighted by Crippen LogP contribution is -2.13. The number of ether oxygens (including phenoxy) is 1. The molecular weight excluding hydrogens is 226 g/mol. The second-order valence-corrected chi connectivity index (χ2v) is 2.70. The molecule has 0 saturated heterocycles. The molecule has 1 aromatic heterocycles. The van der Waals surface area contributed by atoms with Gasteiger partial charge in [-0.25, -0.2) is 9.37 Å². The summed E-state index contributed by atoms with van der Waals surface area (Å²) < 4.78 is 50.8. The summed E-state index contributed by atoms with van der Waals surface area (Å²) in [6, 6.07) is 0.834. The highest BCUT2D eigenvalue weighted by Gasteiger charge is 2.29. The van der Waals surface area contributed by atoms with Crippen LogP contribution in [0.15, 0.2) is 12.3 Å². The maximum absolute atomic E-state index is 12.5. The number of hydrogen-bond donors (Lipinski definition) is 0. The number of alkyl halides is 3. The maximum atomic E-state index is 12.5. The lowest BCUT2D eigenvalue weighted by Gasteiger charge is -2.07. The van der Waals surface area contributed by atoms with E-state index in [-0.39, 0.29) is 10.7 Å². The Balaban J connectivity index is 2.72. The number of halogens is 5. The summed E-state index contributed by atoms with van der Waals surface area (Å²) in [7, 11) is 0. The first-order valence-electron chi connectivity index (χ1n) is 3.39. The van der Waals surface area contributed by atoms with Crippen LogP contribution < -0.4 is 0 Å². The highest BCUT2D eigenvalue weighted by molar-refractivity contribution is 6.30. The SMILES string of the molecule is Fc1cnc(Cl)c(COC(F)(F)F)c1. The Morgan fingerprint density at radius 2 is 2.07 bits per heavy atom. The van der Waals surface area contributed by atoms with E-state index in [4.69, 9.17) is 11.6 Å². The molecule has 1 rings (SSSR count). The minimum Gasteiger partial charge on any atom is -0.287 e. The third kappa shape index (κ3) is 3.47. The van der Waals surface area contributed by atoms with E-state index in [0.717, 1.165) is 12.3 Å². The van der Waals surface area contributed by atoms with Crippen molar-refractivity contribution >= 4 is 11.6 Å². The highest BCUT2D eigenvalue weighted by Crippen LogP contribution is 2.21. The average molecular weight is 230 g/mol. The molecule has 0 aliphatic rings. The molecule has 1 heterocycles. The Morgan fingerprint density at radius 1 is 1.43 bits per heavy atom. The zero-order chi connectivity index (χ0) is 10.8. The van der Waals surface area contributed by atoms with Crippen molar-refractivity contribution in [3.05, 3.63) is 28.8 Å². The zero-order valence-electron chi connectivity index (χ0n) is 6.61. The standard InChI is InChI=1S/C7H4ClF4NO/c8-6-4(1-5(9)2-13-6)3-14-7(10,11)12/h1-2H,3H2. The molecule has 7 heteroatoms. The van der Waals surface area contributed by atoms with Gasteiger partial charge >= 0.3 is 6.36 Å². The minimum absolute atomic E-state index is 0.149. The van der Waals surface area contributed by atoms with Crippen LogP contribution in [0.2, 0.25) is 5.15 Å². The second-order valence-electron chi connectivity index (χ2n) is 2.34. The van der Waals surface area contributed by atoms with Crippen molar-refractivity contribution in [3.8, 4) is 0 Å². The Morgan fingerprint density at radius 3 is 2.64 bits per heavy atom. The van der Waals surface area contributed by atoms with Crippen molar-refractivity contribution in [1.29, 1.82) is 0 Å². The smallest absolute Gasteiger partial charge is 0.287 e. The first-order chi connectivity index (χ1) is 6.38. The Hall–Kier alpha value is -0.880. The van der Waals surface area contributed by atoms with E-state index in [1.165, 1.54) is 0 Å². The van der Waals surface area contributed by atoms with Crippen LogP contribution in [-0.2, 0) is 11.3 Å². The predicted molar refractivity (Wildman–Crippen MR) is 40.0 cm³/mol. The van der Waals surface area contributed by atoms with Crippen LogP contribution in [0, 0.1) is 5.82 Å². The van der Waals surface area contributed by atoms with Gasteiger partial charge in [0.15, 0.2) is 0 Å². The number of nitrogens with zero attached hydrogens (tertiary/aromatic N) is 1. The predicted octanol–water partition coefficient (Wildman–Crippen LogP) is 2.91. The summed E-state index contributed by atoms with van der Waals surface area (Å²) in [5.41, 5.74) is -0.149. The van der Waals surface area contributed by atoms with Crippen LogP contribution in [-0.4, -0.2) is 11.3 Å². The van der Waals surface area contributed by atoms with Crippen LogP contribution in [0.4, 0.5) is 17.6 Å². The molecule has 0 bridgehead atoms. The number of pyridine rings is 1. The normalized spacial score (nSPS) is 11.8. The topological polar surface area (TPSA) is 22.1 Å². The Kier molecular flexibility index (Phi) is 3.28. The summed E-state index contributed by atoms with van der Waals surface area (Å²) in [5, 5.41) is -0.212. The average Bonchev–Trinajstić information content (AvgIpc) is 2.05. The van der Waals surface area contributed by atoms with Crippen LogP contribution in [0.25, 0.3) is 0 Å². The van der Waals surface area contributed by atoms with Crippen molar-refractivity contribution in [2.45, 2.75) is 13.0 Å². The van der Waals surface area contributed by atoms with Gasteiger partial charge in [0.05, 0.1) is 12.8 Å². The largest absolute Gasteiger partial charge is 0.522 e. The molecule has 0 aromatic carbocycles. The molecule has 0 saturated carbocycles. The van der Waals surface area contributed by atoms with Gasteiger partial charge in [0, 0.05) is 5.56 Å². The van der Waals surface area contributed by atoms with Gasteiger partial charge in [-0.15, -0.1) is 13.2 Å². The monoisotopic (exact) mass is 229 g/mol. The van der Waals surface area contributed by atoms with Crippen molar-refractivity contribution in [1.82, 2.24) is 4.98 Å². The van der Waals surface area contributed by atoms with Gasteiger partial charge in [-0.05, 0) is 6.07 Å². The van der Waals surface area contributed by atoms with Crippen LogP contribution in [0.3, 0.4) is 0 Å². The quantitative estimate of drug-likeness (QED) is 0.575. The van der Waals surface area contributed by atoms with Gasteiger partial charge in [0.1, 0.15) is 11.0 Å². The second kappa shape index (κ2) is 4.10. The van der Waals surface area contributed by atoms with Gasteiger partial charge in [0.25, 0.3) is 0 Å². The van der Waals surface area contributed by atoms with E-state index in [9.17, 15) is 17.6 Å². The summed E-state index contributed by atoms with van der Waals surface area (Å²) in [6.45, 7) is -0.854. The molecule has 0 spiro atoms. The fourth-order valence-electron chi connectivity index (χ4n) is 0.725. The molecule has 0 unspecified atom stereocenters. The molecule has 0 fully saturated rings. The first kappa shape index (κ1) is 11.2. The van der Waals surface area contributed by atoms with Crippen LogP contribution in [0.1, 0.15) is 5.56 Å². The van der Waals surface area contributed by atoms with Crippen molar-refractivity contribution in [3.63, 3.8) is 0 Å². The maximum Gasteiger partial charge on any atom is 0.522 e. The molecular formula is C7H4ClF4NO. The summed E-state index contributed by atoms with van der Waals surface area (Å²) in [5.74, 6) is -0.768. The number of aromatic nitrogens is 1. The number of rotatable bonds is 2. The van der Waals surface area contributed by atoms with E-state index in [0.29, 0.717) is 0 Å². The van der Waals surface area contributed by atoms with Crippen molar-refractivity contribution in [2.24, 2.45) is 0 Å². The molecule has 78 valence electrons. The van der Waals surface area contributed by atoms with Gasteiger partial charge in [0.2, 0.25) is 0 Å². The van der Waals surface area contributed by atoms with E-state index < -0.39 is 18.8 Å². The lowest BCUT2D eigenvalue weighted by atomic mass is 10.3. The van der Waals surface area contributed by atoms with Gasteiger partial charge in [-0.2, -0.15) is 0 Å². The lowest BCUT2D eigenvalue weighted by molar-refractivity contribution is -0.330. The van der Waals surface area contributed by atoms with Gasteiger partial charge < -0.3 is 0 Å².